The van der Waals surface area contributed by atoms with Gasteiger partial charge in [0.15, 0.2) is 11.3 Å². The molecule has 0 saturated carbocycles. The first-order chi connectivity index (χ1) is 11.6. The topological polar surface area (TPSA) is 87.4 Å². The molecule has 0 aliphatic carbocycles. The lowest BCUT2D eigenvalue weighted by molar-refractivity contribution is 0.311. The maximum absolute atomic E-state index is 12.8. The first kappa shape index (κ1) is 15.8. The summed E-state index contributed by atoms with van der Waals surface area (Å²) in [5.74, 6) is 0.465. The van der Waals surface area contributed by atoms with Gasteiger partial charge in [-0.15, -0.1) is 0 Å². The molecule has 7 nitrogen and oxygen atoms in total. The molecule has 0 amide bonds. The third kappa shape index (κ3) is 2.09. The van der Waals surface area contributed by atoms with Crippen molar-refractivity contribution in [1.29, 1.82) is 0 Å². The number of ether oxygens (including phenoxy) is 4. The smallest absolute Gasteiger partial charge is 0.211 e. The fourth-order valence-electron chi connectivity index (χ4n) is 2.66. The van der Waals surface area contributed by atoms with E-state index in [4.69, 9.17) is 23.4 Å². The number of benzene rings is 2. The summed E-state index contributed by atoms with van der Waals surface area (Å²) in [6.07, 6.45) is 0. The Labute approximate surface area is 136 Å². The lowest BCUT2D eigenvalue weighted by Crippen LogP contribution is -2.06. The van der Waals surface area contributed by atoms with Crippen molar-refractivity contribution >= 4 is 21.9 Å². The van der Waals surface area contributed by atoms with Crippen LogP contribution >= 0.6 is 0 Å². The zero-order valence-corrected chi connectivity index (χ0v) is 13.6. The van der Waals surface area contributed by atoms with Gasteiger partial charge in [-0.25, -0.2) is 0 Å². The highest BCUT2D eigenvalue weighted by Crippen LogP contribution is 2.49. The molecule has 2 aromatic carbocycles. The summed E-state index contributed by atoms with van der Waals surface area (Å²) in [5, 5.41) is 10.7. The molecule has 1 aromatic heterocycles. The predicted molar refractivity (Wildman–Crippen MR) is 87.9 cm³/mol. The van der Waals surface area contributed by atoms with E-state index in [0.717, 1.165) is 0 Å². The van der Waals surface area contributed by atoms with E-state index in [1.807, 2.05) is 0 Å². The molecule has 0 unspecified atom stereocenters. The van der Waals surface area contributed by atoms with Gasteiger partial charge in [-0.2, -0.15) is 0 Å². The van der Waals surface area contributed by atoms with Crippen LogP contribution in [0.2, 0.25) is 0 Å². The minimum Gasteiger partial charge on any atom is -0.504 e. The number of hydrogen-bond donors (Lipinski definition) is 1. The molecule has 0 radical (unpaired) electrons. The Morgan fingerprint density at radius 1 is 0.917 bits per heavy atom. The van der Waals surface area contributed by atoms with Crippen molar-refractivity contribution in [3.63, 3.8) is 0 Å². The lowest BCUT2D eigenvalue weighted by atomic mass is 10.1. The lowest BCUT2D eigenvalue weighted by Gasteiger charge is -2.16. The van der Waals surface area contributed by atoms with Crippen molar-refractivity contribution in [2.45, 2.75) is 0 Å². The summed E-state index contributed by atoms with van der Waals surface area (Å²) >= 11 is 0. The van der Waals surface area contributed by atoms with E-state index in [2.05, 4.69) is 0 Å². The highest BCUT2D eigenvalue weighted by molar-refractivity contribution is 6.00. The molecule has 126 valence electrons. The Balaban J connectivity index is 2.58. The third-order valence-corrected chi connectivity index (χ3v) is 3.78. The van der Waals surface area contributed by atoms with E-state index in [1.54, 1.807) is 18.2 Å². The van der Waals surface area contributed by atoms with Crippen LogP contribution in [0, 0.1) is 0 Å². The van der Waals surface area contributed by atoms with Crippen LogP contribution in [-0.4, -0.2) is 33.5 Å². The quantitative estimate of drug-likeness (QED) is 0.735. The Hall–Kier alpha value is -3.09. The van der Waals surface area contributed by atoms with Crippen molar-refractivity contribution < 1.29 is 28.5 Å². The summed E-state index contributed by atoms with van der Waals surface area (Å²) in [7, 11) is 5.67. The molecule has 0 spiro atoms. The maximum atomic E-state index is 12.8. The van der Waals surface area contributed by atoms with Gasteiger partial charge in [0.2, 0.25) is 22.7 Å². The van der Waals surface area contributed by atoms with Gasteiger partial charge in [-0.3, -0.25) is 4.79 Å². The van der Waals surface area contributed by atoms with Crippen LogP contribution < -0.4 is 24.4 Å². The number of rotatable bonds is 4. The van der Waals surface area contributed by atoms with Gasteiger partial charge in [-0.1, -0.05) is 0 Å². The number of phenolic OH excluding ortho intramolecular Hbond substituents is 1. The molecule has 0 aliphatic rings. The van der Waals surface area contributed by atoms with Gasteiger partial charge < -0.3 is 28.5 Å². The Kier molecular flexibility index (Phi) is 3.84. The molecule has 0 bridgehead atoms. The minimum atomic E-state index is -0.411. The maximum Gasteiger partial charge on any atom is 0.211 e. The Morgan fingerprint density at radius 2 is 1.58 bits per heavy atom. The van der Waals surface area contributed by atoms with Crippen LogP contribution in [0.25, 0.3) is 21.9 Å². The SMILES string of the molecule is COc1ccc2c(=O)c3c(O)c(OC)c(OC)c(OC)c3oc2c1. The second-order valence-corrected chi connectivity index (χ2v) is 4.95. The summed E-state index contributed by atoms with van der Waals surface area (Å²) in [6, 6.07) is 4.80. The fourth-order valence-corrected chi connectivity index (χ4v) is 2.66. The van der Waals surface area contributed by atoms with E-state index < -0.39 is 5.43 Å². The van der Waals surface area contributed by atoms with Crippen molar-refractivity contribution in [3.8, 4) is 28.7 Å². The zero-order chi connectivity index (χ0) is 17.4. The molecular formula is C17H16O7. The van der Waals surface area contributed by atoms with E-state index in [9.17, 15) is 9.90 Å². The number of phenols is 1. The van der Waals surface area contributed by atoms with E-state index in [0.29, 0.717) is 16.7 Å². The summed E-state index contributed by atoms with van der Waals surface area (Å²) in [5.41, 5.74) is -0.0409. The van der Waals surface area contributed by atoms with Gasteiger partial charge in [0.05, 0.1) is 33.8 Å². The molecule has 1 heterocycles. The van der Waals surface area contributed by atoms with Gasteiger partial charge in [0.25, 0.3) is 0 Å². The van der Waals surface area contributed by atoms with E-state index in [-0.39, 0.29) is 34.0 Å². The highest BCUT2D eigenvalue weighted by atomic mass is 16.5. The van der Waals surface area contributed by atoms with Gasteiger partial charge in [0, 0.05) is 6.07 Å². The Bertz CT molecular complexity index is 988. The first-order valence-corrected chi connectivity index (χ1v) is 7.02. The molecule has 0 atom stereocenters. The third-order valence-electron chi connectivity index (χ3n) is 3.78. The van der Waals surface area contributed by atoms with Crippen LogP contribution in [0.5, 0.6) is 28.7 Å². The Morgan fingerprint density at radius 3 is 2.17 bits per heavy atom. The molecule has 3 aromatic rings. The largest absolute Gasteiger partial charge is 0.504 e. The molecule has 7 heteroatoms. The molecule has 3 rings (SSSR count). The average Bonchev–Trinajstić information content (AvgIpc) is 2.60. The number of fused-ring (bicyclic) bond motifs is 2. The fraction of sp³-hybridized carbons (Fsp3) is 0.235. The summed E-state index contributed by atoms with van der Waals surface area (Å²) < 4.78 is 26.7. The second-order valence-electron chi connectivity index (χ2n) is 4.95. The molecular weight excluding hydrogens is 316 g/mol. The first-order valence-electron chi connectivity index (χ1n) is 7.02. The number of hydrogen-bond acceptors (Lipinski definition) is 7. The summed E-state index contributed by atoms with van der Waals surface area (Å²) in [4.78, 5) is 12.8. The second kappa shape index (κ2) is 5.84. The highest BCUT2D eigenvalue weighted by Gasteiger charge is 2.26. The normalized spacial score (nSPS) is 10.8. The van der Waals surface area contributed by atoms with Crippen molar-refractivity contribution in [3.05, 3.63) is 28.4 Å². The van der Waals surface area contributed by atoms with Crippen LogP contribution in [0.4, 0.5) is 0 Å². The zero-order valence-electron chi connectivity index (χ0n) is 13.6. The number of methoxy groups -OCH3 is 4. The van der Waals surface area contributed by atoms with Gasteiger partial charge in [0.1, 0.15) is 16.7 Å². The van der Waals surface area contributed by atoms with Crippen molar-refractivity contribution in [2.75, 3.05) is 28.4 Å². The van der Waals surface area contributed by atoms with E-state index in [1.165, 1.54) is 28.4 Å². The van der Waals surface area contributed by atoms with Crippen LogP contribution in [-0.2, 0) is 0 Å². The van der Waals surface area contributed by atoms with Gasteiger partial charge in [-0.05, 0) is 12.1 Å². The predicted octanol–water partition coefficient (Wildman–Crippen LogP) is 2.69. The summed E-state index contributed by atoms with van der Waals surface area (Å²) in [6.45, 7) is 0. The standard InChI is InChI=1S/C17H16O7/c1-20-8-5-6-9-10(7-8)24-14-11(12(9)18)13(19)15(21-2)17(23-4)16(14)22-3/h5-7,19H,1-4H3. The minimum absolute atomic E-state index is 0.00186. The van der Waals surface area contributed by atoms with Gasteiger partial charge >= 0.3 is 0 Å². The van der Waals surface area contributed by atoms with Crippen LogP contribution in [0.1, 0.15) is 0 Å². The van der Waals surface area contributed by atoms with Crippen molar-refractivity contribution in [2.24, 2.45) is 0 Å². The number of aromatic hydroxyl groups is 1. The van der Waals surface area contributed by atoms with E-state index >= 15 is 0 Å². The molecule has 1 N–H and O–H groups in total. The molecule has 24 heavy (non-hydrogen) atoms. The average molecular weight is 332 g/mol. The molecule has 0 saturated heterocycles. The monoisotopic (exact) mass is 332 g/mol. The molecule has 0 fully saturated rings. The van der Waals surface area contributed by atoms with Crippen LogP contribution in [0.3, 0.4) is 0 Å². The molecule has 0 aliphatic heterocycles. The van der Waals surface area contributed by atoms with Crippen molar-refractivity contribution in [1.82, 2.24) is 0 Å². The van der Waals surface area contributed by atoms with Crippen LogP contribution in [0.15, 0.2) is 27.4 Å².